The van der Waals surface area contributed by atoms with Crippen LogP contribution in [-0.2, 0) is 4.74 Å². The predicted molar refractivity (Wildman–Crippen MR) is 94.5 cm³/mol. The van der Waals surface area contributed by atoms with Gasteiger partial charge in [-0.2, -0.15) is 0 Å². The molecule has 2 heterocycles. The molecule has 126 valence electrons. The zero-order valence-electron chi connectivity index (χ0n) is 14.6. The summed E-state index contributed by atoms with van der Waals surface area (Å²) >= 11 is 0. The third kappa shape index (κ3) is 2.80. The summed E-state index contributed by atoms with van der Waals surface area (Å²) < 4.78 is 5.28. The fourth-order valence-electron chi connectivity index (χ4n) is 3.42. The first-order valence-electron chi connectivity index (χ1n) is 8.73. The second-order valence-electron chi connectivity index (χ2n) is 7.83. The molecule has 1 N–H and O–H groups in total. The third-order valence-corrected chi connectivity index (χ3v) is 5.09. The van der Waals surface area contributed by atoms with Crippen LogP contribution in [0.2, 0.25) is 0 Å². The average molecular weight is 324 g/mol. The van der Waals surface area contributed by atoms with E-state index in [2.05, 4.69) is 38.2 Å². The highest BCUT2D eigenvalue weighted by molar-refractivity contribution is 6.07. The van der Waals surface area contributed by atoms with Gasteiger partial charge in [0.05, 0.1) is 24.3 Å². The first kappa shape index (κ1) is 15.6. The van der Waals surface area contributed by atoms with Crippen molar-refractivity contribution in [2.45, 2.75) is 39.5 Å². The molecule has 2 fully saturated rings. The van der Waals surface area contributed by atoms with Gasteiger partial charge in [0.15, 0.2) is 0 Å². The second-order valence-corrected chi connectivity index (χ2v) is 7.83. The Labute approximate surface area is 142 Å². The quantitative estimate of drug-likeness (QED) is 0.936. The number of nitrogens with zero attached hydrogens (tertiary/aromatic N) is 1. The van der Waals surface area contributed by atoms with Gasteiger partial charge in [-0.05, 0) is 44.4 Å². The average Bonchev–Trinajstić information content (AvgIpc) is 3.34. The summed E-state index contributed by atoms with van der Waals surface area (Å²) in [6.07, 6.45) is 2.36. The smallest absolute Gasteiger partial charge is 0.252 e. The molecule has 1 saturated heterocycles. The van der Waals surface area contributed by atoms with Gasteiger partial charge in [0.1, 0.15) is 0 Å². The van der Waals surface area contributed by atoms with Crippen LogP contribution in [0.25, 0.3) is 10.9 Å². The van der Waals surface area contributed by atoms with Crippen LogP contribution in [0.3, 0.4) is 0 Å². The molecule has 2 aromatic rings. The molecule has 0 unspecified atom stereocenters. The molecule has 4 heteroatoms. The largest absolute Gasteiger partial charge is 0.380 e. The number of fused-ring (bicyclic) bond motifs is 1. The van der Waals surface area contributed by atoms with Crippen LogP contribution in [0.4, 0.5) is 0 Å². The highest BCUT2D eigenvalue weighted by Crippen LogP contribution is 2.40. The number of amides is 1. The molecular weight excluding hydrogens is 300 g/mol. The number of ether oxygens (including phenoxy) is 1. The number of carbonyl (C=O) groups is 1. The van der Waals surface area contributed by atoms with E-state index in [9.17, 15) is 4.79 Å². The van der Waals surface area contributed by atoms with Gasteiger partial charge in [-0.15, -0.1) is 0 Å². The van der Waals surface area contributed by atoms with Crippen molar-refractivity contribution in [2.75, 3.05) is 19.8 Å². The van der Waals surface area contributed by atoms with Crippen LogP contribution in [-0.4, -0.2) is 30.6 Å². The zero-order chi connectivity index (χ0) is 16.9. The van der Waals surface area contributed by atoms with Gasteiger partial charge >= 0.3 is 0 Å². The lowest BCUT2D eigenvalue weighted by Crippen LogP contribution is -2.48. The SMILES string of the molecule is Cc1cc(C)c2nc(C3CC3)cc(C(=O)NCC3(C)COC3)c2c1. The van der Waals surface area contributed by atoms with Crippen molar-refractivity contribution >= 4 is 16.8 Å². The topological polar surface area (TPSA) is 51.2 Å². The Morgan fingerprint density at radius 3 is 2.67 bits per heavy atom. The van der Waals surface area contributed by atoms with E-state index in [-0.39, 0.29) is 11.3 Å². The summed E-state index contributed by atoms with van der Waals surface area (Å²) in [6, 6.07) is 6.23. The third-order valence-electron chi connectivity index (χ3n) is 5.09. The van der Waals surface area contributed by atoms with Gasteiger partial charge in [-0.1, -0.05) is 18.6 Å². The van der Waals surface area contributed by atoms with Crippen LogP contribution in [0, 0.1) is 19.3 Å². The van der Waals surface area contributed by atoms with Crippen LogP contribution >= 0.6 is 0 Å². The molecule has 0 bridgehead atoms. The molecular formula is C20H24N2O2. The normalized spacial score (nSPS) is 19.1. The van der Waals surface area contributed by atoms with Crippen molar-refractivity contribution < 1.29 is 9.53 Å². The number of rotatable bonds is 4. The Hall–Kier alpha value is -1.94. The Morgan fingerprint density at radius 1 is 1.29 bits per heavy atom. The molecule has 4 rings (SSSR count). The van der Waals surface area contributed by atoms with Gasteiger partial charge in [-0.3, -0.25) is 9.78 Å². The summed E-state index contributed by atoms with van der Waals surface area (Å²) in [5.74, 6) is 0.529. The molecule has 4 nitrogen and oxygen atoms in total. The Kier molecular flexibility index (Phi) is 3.61. The zero-order valence-corrected chi connectivity index (χ0v) is 14.6. The van der Waals surface area contributed by atoms with E-state index in [1.54, 1.807) is 0 Å². The lowest BCUT2D eigenvalue weighted by Gasteiger charge is -2.38. The molecule has 0 radical (unpaired) electrons. The minimum absolute atomic E-state index is 0.00225. The van der Waals surface area contributed by atoms with E-state index in [4.69, 9.17) is 9.72 Å². The van der Waals surface area contributed by atoms with Crippen molar-refractivity contribution in [2.24, 2.45) is 5.41 Å². The van der Waals surface area contributed by atoms with E-state index < -0.39 is 0 Å². The first-order chi connectivity index (χ1) is 11.5. The van der Waals surface area contributed by atoms with Gasteiger partial charge in [-0.25, -0.2) is 0 Å². The number of aromatic nitrogens is 1. The summed E-state index contributed by atoms with van der Waals surface area (Å²) in [6.45, 7) is 8.37. The number of nitrogens with one attached hydrogen (secondary N) is 1. The number of pyridine rings is 1. The molecule has 1 aliphatic heterocycles. The maximum absolute atomic E-state index is 12.9. The molecule has 1 amide bonds. The molecule has 24 heavy (non-hydrogen) atoms. The fraction of sp³-hybridized carbons (Fsp3) is 0.500. The van der Waals surface area contributed by atoms with Crippen molar-refractivity contribution in [1.29, 1.82) is 0 Å². The van der Waals surface area contributed by atoms with E-state index in [1.165, 1.54) is 12.8 Å². The molecule has 1 saturated carbocycles. The molecule has 0 spiro atoms. The van der Waals surface area contributed by atoms with Crippen LogP contribution in [0.1, 0.15) is 52.9 Å². The number of hydrogen-bond donors (Lipinski definition) is 1. The molecule has 1 aromatic carbocycles. The fourth-order valence-corrected chi connectivity index (χ4v) is 3.42. The second kappa shape index (κ2) is 5.55. The first-order valence-corrected chi connectivity index (χ1v) is 8.73. The van der Waals surface area contributed by atoms with E-state index in [0.29, 0.717) is 12.5 Å². The number of hydrogen-bond acceptors (Lipinski definition) is 3. The monoisotopic (exact) mass is 324 g/mol. The maximum Gasteiger partial charge on any atom is 0.252 e. The maximum atomic E-state index is 12.9. The Balaban J connectivity index is 1.73. The highest BCUT2D eigenvalue weighted by atomic mass is 16.5. The van der Waals surface area contributed by atoms with E-state index in [1.807, 2.05) is 6.07 Å². The minimum atomic E-state index is 0.00225. The molecule has 1 aromatic heterocycles. The van der Waals surface area contributed by atoms with Gasteiger partial charge in [0.25, 0.3) is 5.91 Å². The molecule has 0 atom stereocenters. The van der Waals surface area contributed by atoms with Gasteiger partial charge < -0.3 is 10.1 Å². The summed E-state index contributed by atoms with van der Waals surface area (Å²) in [7, 11) is 0. The van der Waals surface area contributed by atoms with Crippen LogP contribution in [0.5, 0.6) is 0 Å². The van der Waals surface area contributed by atoms with E-state index >= 15 is 0 Å². The standard InChI is InChI=1S/C20H24N2O2/c1-12-6-13(2)18-15(7-12)16(8-17(22-18)14-4-5-14)19(23)21-9-20(3)10-24-11-20/h6-8,14H,4-5,9-11H2,1-3H3,(H,21,23). The van der Waals surface area contributed by atoms with E-state index in [0.717, 1.165) is 46.5 Å². The van der Waals surface area contributed by atoms with Crippen molar-refractivity contribution in [3.05, 3.63) is 40.6 Å². The minimum Gasteiger partial charge on any atom is -0.380 e. The van der Waals surface area contributed by atoms with Gasteiger partial charge in [0, 0.05) is 29.0 Å². The van der Waals surface area contributed by atoms with Crippen LogP contribution in [0.15, 0.2) is 18.2 Å². The lowest BCUT2D eigenvalue weighted by atomic mass is 9.88. The summed E-state index contributed by atoms with van der Waals surface area (Å²) in [4.78, 5) is 17.7. The predicted octanol–water partition coefficient (Wildman–Crippen LogP) is 3.50. The van der Waals surface area contributed by atoms with Crippen molar-refractivity contribution in [3.8, 4) is 0 Å². The van der Waals surface area contributed by atoms with Crippen LogP contribution < -0.4 is 5.32 Å². The Bertz CT molecular complexity index is 820. The molecule has 1 aliphatic carbocycles. The highest BCUT2D eigenvalue weighted by Gasteiger charge is 2.34. The molecule has 2 aliphatic rings. The summed E-state index contributed by atoms with van der Waals surface area (Å²) in [5.41, 5.74) is 5.17. The Morgan fingerprint density at radius 2 is 2.04 bits per heavy atom. The number of benzene rings is 1. The number of aryl methyl sites for hydroxylation is 2. The van der Waals surface area contributed by atoms with Gasteiger partial charge in [0.2, 0.25) is 0 Å². The lowest BCUT2D eigenvalue weighted by molar-refractivity contribution is -0.0978. The van der Waals surface area contributed by atoms with Crippen molar-refractivity contribution in [1.82, 2.24) is 10.3 Å². The summed E-state index contributed by atoms with van der Waals surface area (Å²) in [5, 5.41) is 4.07. The van der Waals surface area contributed by atoms with Crippen molar-refractivity contribution in [3.63, 3.8) is 0 Å². The number of carbonyl (C=O) groups excluding carboxylic acids is 1.